The number of esters is 7. The molecule has 2 aliphatic rings. The van der Waals surface area contributed by atoms with E-state index in [-0.39, 0.29) is 5.75 Å². The molecule has 2 heterocycles. The molecule has 0 amide bonds. The van der Waals surface area contributed by atoms with Gasteiger partial charge in [-0.3, -0.25) is 43.7 Å². The number of benzene rings is 1. The average molecular weight is 758 g/mol. The van der Waals surface area contributed by atoms with E-state index in [0.29, 0.717) is 0 Å². The topological polar surface area (TPSA) is 264 Å². The van der Waals surface area contributed by atoms with Crippen molar-refractivity contribution in [3.05, 3.63) is 34.4 Å². The third-order valence-corrected chi connectivity index (χ3v) is 7.19. The summed E-state index contributed by atoms with van der Waals surface area (Å²) in [5.74, 6) is -6.69. The van der Waals surface area contributed by atoms with E-state index in [1.807, 2.05) is 0 Å². The standard InChI is InChI=1S/C32H39NO20/c1-14(34)43-12-23-25(45-16(3)36)27(46-17(4)37)30(49-20(7)40)32(52-23)53-26-24(13-44-15(2)35)51-31(29(48-19(6)39)28(26)47-18(5)38)50-22-11-9-8-10-21(22)33(41)42/h8-11,23-32H,12-13H2,1-7H3/t23-,24+,25-,26+,27+,28-,29+,30-,31+,32+/m0/s1. The highest BCUT2D eigenvalue weighted by molar-refractivity contribution is 5.69. The van der Waals surface area contributed by atoms with Crippen molar-refractivity contribution in [3.63, 3.8) is 0 Å². The average Bonchev–Trinajstić information content (AvgIpc) is 3.03. The van der Waals surface area contributed by atoms with Crippen molar-refractivity contribution in [1.29, 1.82) is 0 Å². The lowest BCUT2D eigenvalue weighted by atomic mass is 9.96. The highest BCUT2D eigenvalue weighted by atomic mass is 16.8. The van der Waals surface area contributed by atoms with Gasteiger partial charge in [0.15, 0.2) is 36.5 Å². The van der Waals surface area contributed by atoms with Crippen molar-refractivity contribution >= 4 is 47.5 Å². The zero-order chi connectivity index (χ0) is 39.6. The van der Waals surface area contributed by atoms with Crippen LogP contribution >= 0.6 is 0 Å². The summed E-state index contributed by atoms with van der Waals surface area (Å²) in [6.07, 6.45) is -16.9. The minimum absolute atomic E-state index is 0.355. The maximum Gasteiger partial charge on any atom is 0.311 e. The largest absolute Gasteiger partial charge is 0.463 e. The monoisotopic (exact) mass is 757 g/mol. The molecule has 1 aromatic rings. The summed E-state index contributed by atoms with van der Waals surface area (Å²) < 4.78 is 61.7. The number of hydrogen-bond acceptors (Lipinski definition) is 20. The van der Waals surface area contributed by atoms with Crippen LogP contribution < -0.4 is 4.74 Å². The fourth-order valence-electron chi connectivity index (χ4n) is 5.40. The van der Waals surface area contributed by atoms with E-state index in [9.17, 15) is 43.7 Å². The SMILES string of the molecule is CC(=O)OC[C@@H]1O[C@H](O[C@H]2[C@H](OC(C)=O)[C@@H](OC(C)=O)[C@H](Oc3ccccc3[N+](=O)[O-])O[C@@H]2COC(C)=O)[C@@H](OC(C)=O)[C@H](OC(C)=O)[C@H]1OC(C)=O. The van der Waals surface area contributed by atoms with Crippen LogP contribution in [0.15, 0.2) is 24.3 Å². The molecule has 21 heteroatoms. The molecular weight excluding hydrogens is 718 g/mol. The first-order valence-corrected chi connectivity index (χ1v) is 15.9. The predicted molar refractivity (Wildman–Crippen MR) is 167 cm³/mol. The fourth-order valence-corrected chi connectivity index (χ4v) is 5.40. The molecule has 2 aliphatic heterocycles. The lowest BCUT2D eigenvalue weighted by Crippen LogP contribution is -2.67. The van der Waals surface area contributed by atoms with Gasteiger partial charge in [0.2, 0.25) is 12.4 Å². The summed E-state index contributed by atoms with van der Waals surface area (Å²) >= 11 is 0. The number of nitrogens with zero attached hydrogens (tertiary/aromatic N) is 1. The molecule has 10 atom stereocenters. The van der Waals surface area contributed by atoms with Crippen LogP contribution in [0.2, 0.25) is 0 Å². The fraction of sp³-hybridized carbons (Fsp3) is 0.594. The first-order valence-electron chi connectivity index (χ1n) is 15.9. The molecule has 2 saturated heterocycles. The van der Waals surface area contributed by atoms with Gasteiger partial charge in [0.1, 0.15) is 31.5 Å². The second-order valence-electron chi connectivity index (χ2n) is 11.5. The smallest absolute Gasteiger partial charge is 0.311 e. The molecule has 0 N–H and O–H groups in total. The number of nitro groups is 1. The van der Waals surface area contributed by atoms with Gasteiger partial charge in [-0.1, -0.05) is 12.1 Å². The van der Waals surface area contributed by atoms with E-state index in [1.165, 1.54) is 18.2 Å². The van der Waals surface area contributed by atoms with Gasteiger partial charge < -0.3 is 52.1 Å². The maximum absolute atomic E-state index is 12.6. The molecule has 53 heavy (non-hydrogen) atoms. The molecule has 21 nitrogen and oxygen atoms in total. The molecule has 2 fully saturated rings. The molecule has 0 aromatic heterocycles. The minimum atomic E-state index is -1.88. The second kappa shape index (κ2) is 18.9. The van der Waals surface area contributed by atoms with Crippen LogP contribution in [0.25, 0.3) is 0 Å². The molecule has 0 saturated carbocycles. The lowest BCUT2D eigenvalue weighted by Gasteiger charge is -2.48. The Balaban J connectivity index is 2.20. The van der Waals surface area contributed by atoms with Gasteiger partial charge in [0.25, 0.3) is 0 Å². The third-order valence-electron chi connectivity index (χ3n) is 7.19. The summed E-state index contributed by atoms with van der Waals surface area (Å²) in [5.41, 5.74) is -0.519. The zero-order valence-electron chi connectivity index (χ0n) is 29.6. The van der Waals surface area contributed by atoms with E-state index in [1.54, 1.807) is 0 Å². The first-order chi connectivity index (χ1) is 24.9. The van der Waals surface area contributed by atoms with E-state index < -0.39 is 127 Å². The van der Waals surface area contributed by atoms with Crippen LogP contribution in [0, 0.1) is 10.1 Å². The highest BCUT2D eigenvalue weighted by Crippen LogP contribution is 2.37. The van der Waals surface area contributed by atoms with Gasteiger partial charge in [0.05, 0.1) is 4.92 Å². The molecule has 1 aromatic carbocycles. The Morgan fingerprint density at radius 2 is 0.962 bits per heavy atom. The van der Waals surface area contributed by atoms with Gasteiger partial charge in [-0.05, 0) is 6.07 Å². The molecular formula is C32H39NO20. The van der Waals surface area contributed by atoms with Crippen LogP contribution in [0.1, 0.15) is 48.5 Å². The summed E-state index contributed by atoms with van der Waals surface area (Å²) in [6, 6.07) is 5.10. The van der Waals surface area contributed by atoms with Crippen molar-refractivity contribution in [2.45, 2.75) is 110 Å². The van der Waals surface area contributed by atoms with Crippen molar-refractivity contribution in [2.75, 3.05) is 13.2 Å². The van der Waals surface area contributed by atoms with Crippen molar-refractivity contribution < 1.29 is 90.6 Å². The van der Waals surface area contributed by atoms with E-state index in [2.05, 4.69) is 0 Å². The van der Waals surface area contributed by atoms with Crippen LogP contribution in [0.3, 0.4) is 0 Å². The lowest BCUT2D eigenvalue weighted by molar-refractivity contribution is -0.387. The zero-order valence-corrected chi connectivity index (χ0v) is 29.6. The molecule has 0 spiro atoms. The Morgan fingerprint density at radius 3 is 1.43 bits per heavy atom. The molecule has 0 bridgehead atoms. The number of rotatable bonds is 14. The van der Waals surface area contributed by atoms with Crippen molar-refractivity contribution in [2.24, 2.45) is 0 Å². The summed E-state index contributed by atoms with van der Waals surface area (Å²) in [4.78, 5) is 96.6. The van der Waals surface area contributed by atoms with E-state index >= 15 is 0 Å². The number of carbonyl (C=O) groups is 7. The normalized spacial score (nSPS) is 27.9. The highest BCUT2D eigenvalue weighted by Gasteiger charge is 2.58. The number of carbonyl (C=O) groups excluding carboxylic acids is 7. The van der Waals surface area contributed by atoms with E-state index in [4.69, 9.17) is 52.1 Å². The maximum atomic E-state index is 12.6. The predicted octanol–water partition coefficient (Wildman–Crippen LogP) is 0.593. The molecule has 292 valence electrons. The molecule has 0 aliphatic carbocycles. The van der Waals surface area contributed by atoms with Gasteiger partial charge in [0, 0.05) is 54.5 Å². The number of hydrogen-bond donors (Lipinski definition) is 0. The van der Waals surface area contributed by atoms with Crippen LogP contribution in [-0.2, 0) is 80.9 Å². The first kappa shape index (κ1) is 42.0. The van der Waals surface area contributed by atoms with Gasteiger partial charge >= 0.3 is 47.5 Å². The van der Waals surface area contributed by atoms with Gasteiger partial charge in [-0.2, -0.15) is 0 Å². The number of nitro benzene ring substituents is 1. The van der Waals surface area contributed by atoms with Crippen molar-refractivity contribution in [1.82, 2.24) is 0 Å². The van der Waals surface area contributed by atoms with E-state index in [0.717, 1.165) is 54.5 Å². The van der Waals surface area contributed by atoms with Crippen LogP contribution in [0.4, 0.5) is 5.69 Å². The van der Waals surface area contributed by atoms with Gasteiger partial charge in [-0.25, -0.2) is 0 Å². The summed E-state index contributed by atoms with van der Waals surface area (Å²) in [7, 11) is 0. The Labute approximate surface area is 301 Å². The third kappa shape index (κ3) is 12.1. The van der Waals surface area contributed by atoms with Crippen LogP contribution in [-0.4, -0.2) is 121 Å². The Hall–Kier alpha value is -5.41. The Kier molecular flexibility index (Phi) is 15.0. The second-order valence-corrected chi connectivity index (χ2v) is 11.5. The molecule has 0 radical (unpaired) electrons. The number of para-hydroxylation sites is 2. The van der Waals surface area contributed by atoms with Crippen molar-refractivity contribution in [3.8, 4) is 5.75 Å². The summed E-state index contributed by atoms with van der Waals surface area (Å²) in [5, 5.41) is 11.8. The summed E-state index contributed by atoms with van der Waals surface area (Å²) in [6.45, 7) is 5.84. The Morgan fingerprint density at radius 1 is 0.566 bits per heavy atom. The van der Waals surface area contributed by atoms with Crippen LogP contribution in [0.5, 0.6) is 5.75 Å². The molecule has 3 rings (SSSR count). The van der Waals surface area contributed by atoms with Gasteiger partial charge in [-0.15, -0.1) is 0 Å². The number of ether oxygens (including phenoxy) is 11. The molecule has 0 unspecified atom stereocenters. The quantitative estimate of drug-likeness (QED) is 0.109. The minimum Gasteiger partial charge on any atom is -0.463 e. The Bertz CT molecular complexity index is 1550.